The van der Waals surface area contributed by atoms with Gasteiger partial charge in [0.15, 0.2) is 0 Å². The number of aromatic nitrogens is 3. The molecule has 0 aliphatic carbocycles. The number of aromatic hydroxyl groups is 1. The van der Waals surface area contributed by atoms with Crippen molar-refractivity contribution >= 4 is 11.0 Å². The molecule has 306 valence electrons. The van der Waals surface area contributed by atoms with E-state index in [2.05, 4.69) is 0 Å². The van der Waals surface area contributed by atoms with Crippen LogP contribution in [0.15, 0.2) is 170 Å². The molecule has 0 saturated carbocycles. The molecule has 2 heterocycles. The Kier molecular flexibility index (Phi) is 7.24. The van der Waals surface area contributed by atoms with Crippen LogP contribution in [0.5, 0.6) is 5.75 Å². The molecule has 1 N–H and O–H groups in total. The Bertz CT molecular complexity index is 3540. The number of imidazole rings is 1. The first-order chi connectivity index (χ1) is 34.6. The molecule has 0 saturated heterocycles. The quantitative estimate of drug-likeness (QED) is 0.174. The SMILES string of the molecule is [2H]C([2H])([2H])c1ccc(-c2ccnc(-c3cc(-c4ccccc4)cc(-c4cccc5c4nc(-c4cc(C(C)(C)C)cc(C(C)(C([2H])([2H])[2H])C([2H])([2H])[2H])c4O)n5-c4ccc(-c5ccccc5)cc4C([2H])([2H])[2H])c3)c2)cc1. The molecule has 0 unspecified atom stereocenters. The zero-order chi connectivity index (χ0) is 53.3. The molecule has 0 amide bonds. The molecule has 0 spiro atoms. The normalized spacial score (nSPS) is 15.6. The number of benzene rings is 7. The van der Waals surface area contributed by atoms with Crippen LogP contribution in [0, 0.1) is 13.7 Å². The van der Waals surface area contributed by atoms with Gasteiger partial charge in [0, 0.05) is 39.3 Å². The van der Waals surface area contributed by atoms with Crippen LogP contribution < -0.4 is 0 Å². The molecule has 9 rings (SSSR count). The summed E-state index contributed by atoms with van der Waals surface area (Å²) in [5.74, 6) is -0.568. The maximum absolute atomic E-state index is 12.7. The zero-order valence-corrected chi connectivity index (χ0v) is 35.0. The fourth-order valence-electron chi connectivity index (χ4n) is 8.08. The topological polar surface area (TPSA) is 50.9 Å². The molecule has 4 heteroatoms. The minimum atomic E-state index is -3.13. The van der Waals surface area contributed by atoms with Gasteiger partial charge >= 0.3 is 0 Å². The van der Waals surface area contributed by atoms with Crippen LogP contribution in [-0.2, 0) is 10.8 Å². The van der Waals surface area contributed by atoms with E-state index in [0.717, 1.165) is 40.3 Å². The van der Waals surface area contributed by atoms with E-state index in [-0.39, 0.29) is 33.8 Å². The van der Waals surface area contributed by atoms with Crippen molar-refractivity contribution in [1.29, 1.82) is 0 Å². The number of nitrogens with zero attached hydrogens (tertiary/aromatic N) is 3. The standard InChI is InChI=1S/C58H53N3O/c1-37-22-24-41(25-23-37)43-28-29-59-51(34-43)46-32-44(40-18-13-10-14-19-40)31-45(33-46)48-20-15-21-53-54(48)60-56(49-35-47(57(3,4)5)36-50(55(49)62)58(6,7)8)61(53)52-27-26-42(30-38(52)2)39-16-11-9-12-17-39/h9-36,62H,1-8H3/i1D3,2D3,6D3,7D3. The van der Waals surface area contributed by atoms with Crippen LogP contribution in [0.4, 0.5) is 0 Å². The van der Waals surface area contributed by atoms with Gasteiger partial charge in [-0.2, -0.15) is 0 Å². The number of hydrogen-bond acceptors (Lipinski definition) is 3. The summed E-state index contributed by atoms with van der Waals surface area (Å²) in [7, 11) is 0. The van der Waals surface area contributed by atoms with Crippen molar-refractivity contribution in [3.05, 3.63) is 192 Å². The second-order valence-electron chi connectivity index (χ2n) is 17.0. The third-order valence-electron chi connectivity index (χ3n) is 11.4. The predicted molar refractivity (Wildman–Crippen MR) is 260 cm³/mol. The second kappa shape index (κ2) is 15.8. The van der Waals surface area contributed by atoms with E-state index in [1.807, 2.05) is 130 Å². The van der Waals surface area contributed by atoms with Crippen LogP contribution >= 0.6 is 0 Å². The Balaban J connectivity index is 1.36. The average molecular weight is 820 g/mol. The minimum absolute atomic E-state index is 0.00423. The van der Waals surface area contributed by atoms with E-state index >= 15 is 0 Å². The van der Waals surface area contributed by atoms with Gasteiger partial charge < -0.3 is 5.11 Å². The van der Waals surface area contributed by atoms with Gasteiger partial charge in [-0.25, -0.2) is 4.98 Å². The molecule has 0 aliphatic heterocycles. The highest BCUT2D eigenvalue weighted by Crippen LogP contribution is 2.45. The smallest absolute Gasteiger partial charge is 0.149 e. The van der Waals surface area contributed by atoms with E-state index < -0.39 is 44.0 Å². The summed E-state index contributed by atoms with van der Waals surface area (Å²) in [4.78, 5) is 10.1. The number of aryl methyl sites for hydroxylation is 2. The first-order valence-electron chi connectivity index (χ1n) is 26.5. The van der Waals surface area contributed by atoms with Gasteiger partial charge in [0.05, 0.1) is 28.0 Å². The molecular weight excluding hydrogens is 755 g/mol. The van der Waals surface area contributed by atoms with Crippen molar-refractivity contribution in [2.24, 2.45) is 0 Å². The highest BCUT2D eigenvalue weighted by atomic mass is 16.3. The van der Waals surface area contributed by atoms with Gasteiger partial charge in [0.2, 0.25) is 0 Å². The molecule has 0 aliphatic rings. The summed E-state index contributed by atoms with van der Waals surface area (Å²) in [6, 6.07) is 49.6. The summed E-state index contributed by atoms with van der Waals surface area (Å²) < 4.78 is 104. The van der Waals surface area contributed by atoms with E-state index in [4.69, 9.17) is 26.4 Å². The monoisotopic (exact) mass is 819 g/mol. The second-order valence-corrected chi connectivity index (χ2v) is 17.0. The van der Waals surface area contributed by atoms with Crippen LogP contribution in [0.2, 0.25) is 0 Å². The number of rotatable bonds is 7. The molecule has 0 bridgehead atoms. The number of pyridine rings is 1. The third-order valence-corrected chi connectivity index (χ3v) is 11.4. The summed E-state index contributed by atoms with van der Waals surface area (Å²) in [6.45, 7) is -4.40. The highest BCUT2D eigenvalue weighted by molar-refractivity contribution is 5.98. The maximum atomic E-state index is 12.7. The largest absolute Gasteiger partial charge is 0.507 e. The summed E-state index contributed by atoms with van der Waals surface area (Å²) in [5, 5.41) is 12.7. The van der Waals surface area contributed by atoms with Crippen LogP contribution in [0.3, 0.4) is 0 Å². The third kappa shape index (κ3) is 7.74. The van der Waals surface area contributed by atoms with Crippen molar-refractivity contribution in [2.75, 3.05) is 0 Å². The lowest BCUT2D eigenvalue weighted by Gasteiger charge is -2.27. The minimum Gasteiger partial charge on any atom is -0.507 e. The molecule has 0 radical (unpaired) electrons. The van der Waals surface area contributed by atoms with Gasteiger partial charge in [0.1, 0.15) is 11.6 Å². The predicted octanol–water partition coefficient (Wildman–Crippen LogP) is 15.3. The number of para-hydroxylation sites is 1. The van der Waals surface area contributed by atoms with E-state index in [9.17, 15) is 5.11 Å². The fraction of sp³-hybridized carbons (Fsp3) is 0.172. The number of hydrogen-bond donors (Lipinski definition) is 1. The molecular formula is C58H53N3O. The molecule has 9 aromatic rings. The lowest BCUT2D eigenvalue weighted by Crippen LogP contribution is -2.17. The fourth-order valence-corrected chi connectivity index (χ4v) is 8.08. The molecule has 0 fully saturated rings. The van der Waals surface area contributed by atoms with E-state index in [0.29, 0.717) is 39.0 Å². The number of phenolic OH excluding ortho intramolecular Hbond substituents is 1. The highest BCUT2D eigenvalue weighted by Gasteiger charge is 2.29. The Morgan fingerprint density at radius 3 is 1.89 bits per heavy atom. The van der Waals surface area contributed by atoms with Crippen molar-refractivity contribution in [2.45, 2.75) is 65.9 Å². The Hall–Kier alpha value is -7.04. The van der Waals surface area contributed by atoms with Crippen molar-refractivity contribution in [3.63, 3.8) is 0 Å². The number of fused-ring (bicyclic) bond motifs is 1. The van der Waals surface area contributed by atoms with Crippen LogP contribution in [-0.4, -0.2) is 19.6 Å². The van der Waals surface area contributed by atoms with Gasteiger partial charge in [-0.15, -0.1) is 0 Å². The van der Waals surface area contributed by atoms with Gasteiger partial charge in [-0.3, -0.25) is 9.55 Å². The number of phenols is 1. The van der Waals surface area contributed by atoms with E-state index in [1.165, 1.54) is 6.07 Å². The molecule has 7 aromatic carbocycles. The van der Waals surface area contributed by atoms with Crippen LogP contribution in [0.25, 0.3) is 83.9 Å². The zero-order valence-electron chi connectivity index (χ0n) is 47.0. The lowest BCUT2D eigenvalue weighted by molar-refractivity contribution is 0.446. The van der Waals surface area contributed by atoms with Gasteiger partial charge in [-0.1, -0.05) is 156 Å². The lowest BCUT2D eigenvalue weighted by atomic mass is 9.79. The van der Waals surface area contributed by atoms with Gasteiger partial charge in [-0.05, 0) is 129 Å². The first kappa shape index (κ1) is 28.5. The summed E-state index contributed by atoms with van der Waals surface area (Å²) >= 11 is 0. The average Bonchev–Trinajstić information content (AvgIpc) is 3.74. The van der Waals surface area contributed by atoms with Crippen LogP contribution in [0.1, 0.15) is 80.1 Å². The molecule has 0 atom stereocenters. The van der Waals surface area contributed by atoms with E-state index in [1.54, 1.807) is 59.3 Å². The van der Waals surface area contributed by atoms with Gasteiger partial charge in [0.25, 0.3) is 0 Å². The molecule has 4 nitrogen and oxygen atoms in total. The van der Waals surface area contributed by atoms with Crippen molar-refractivity contribution in [1.82, 2.24) is 14.5 Å². The molecule has 62 heavy (non-hydrogen) atoms. The van der Waals surface area contributed by atoms with Crippen molar-refractivity contribution in [3.8, 4) is 78.6 Å². The Morgan fingerprint density at radius 1 is 0.532 bits per heavy atom. The molecule has 2 aromatic heterocycles. The van der Waals surface area contributed by atoms with Crippen molar-refractivity contribution < 1.29 is 21.6 Å². The summed E-state index contributed by atoms with van der Waals surface area (Å²) in [6.07, 6.45) is 1.70. The Morgan fingerprint density at radius 2 is 1.19 bits per heavy atom. The summed E-state index contributed by atoms with van der Waals surface area (Å²) in [5.41, 5.74) is 5.68. The Labute approximate surface area is 383 Å². The maximum Gasteiger partial charge on any atom is 0.149 e. The first-order valence-corrected chi connectivity index (χ1v) is 20.5.